The molecule has 4 nitrogen and oxygen atoms in total. The van der Waals surface area contributed by atoms with Gasteiger partial charge in [-0.3, -0.25) is 4.79 Å². The van der Waals surface area contributed by atoms with Crippen molar-refractivity contribution < 1.29 is 4.79 Å². The second-order valence-electron chi connectivity index (χ2n) is 6.93. The summed E-state index contributed by atoms with van der Waals surface area (Å²) in [6.45, 7) is 4.08. The minimum absolute atomic E-state index is 0.146. The van der Waals surface area contributed by atoms with E-state index in [1.807, 2.05) is 31.2 Å². The molecule has 0 amide bonds. The van der Waals surface area contributed by atoms with E-state index in [1.165, 1.54) is 35.0 Å². The number of aryl methyl sites for hydroxylation is 1. The number of carbonyl (C=O) groups is 1. The summed E-state index contributed by atoms with van der Waals surface area (Å²) in [6, 6.07) is 12.6. The van der Waals surface area contributed by atoms with Crippen molar-refractivity contribution in [2.75, 3.05) is 0 Å². The van der Waals surface area contributed by atoms with Gasteiger partial charge in [0.15, 0.2) is 10.9 Å². The molecule has 0 bridgehead atoms. The maximum atomic E-state index is 12.8. The summed E-state index contributed by atoms with van der Waals surface area (Å²) in [7, 11) is 0. The molecular formula is C21H23N3OS2. The molecule has 3 aromatic rings. The number of hydrogen-bond donors (Lipinski definition) is 0. The smallest absolute Gasteiger partial charge is 0.192 e. The Hall–Kier alpha value is -1.92. The summed E-state index contributed by atoms with van der Waals surface area (Å²) >= 11 is 3.27. The molecule has 0 radical (unpaired) electrons. The summed E-state index contributed by atoms with van der Waals surface area (Å²) in [5.74, 6) is 1.15. The second kappa shape index (κ2) is 7.98. The van der Waals surface area contributed by atoms with Crippen molar-refractivity contribution in [2.24, 2.45) is 0 Å². The Morgan fingerprint density at radius 2 is 2.04 bits per heavy atom. The fourth-order valence-electron chi connectivity index (χ4n) is 3.13. The van der Waals surface area contributed by atoms with Crippen molar-refractivity contribution in [3.05, 3.63) is 63.6 Å². The predicted molar refractivity (Wildman–Crippen MR) is 111 cm³/mol. The Morgan fingerprint density at radius 1 is 1.26 bits per heavy atom. The molecule has 1 saturated carbocycles. The number of carbonyl (C=O) groups excluding carboxylic acids is 1. The zero-order valence-electron chi connectivity index (χ0n) is 15.6. The Bertz CT molecular complexity index is 912. The van der Waals surface area contributed by atoms with Gasteiger partial charge in [0.1, 0.15) is 5.82 Å². The molecule has 1 aromatic carbocycles. The SMILES string of the molecule is CCc1ccc(C(=O)C(C)Sc2nnc(Cc3cccs3)n2C2CC2)cc1. The molecule has 6 heteroatoms. The van der Waals surface area contributed by atoms with Gasteiger partial charge in [0.05, 0.1) is 5.25 Å². The number of nitrogens with zero attached hydrogens (tertiary/aromatic N) is 3. The number of rotatable bonds is 8. The third-order valence-corrected chi connectivity index (χ3v) is 6.79. The number of aromatic nitrogens is 3. The zero-order chi connectivity index (χ0) is 18.8. The van der Waals surface area contributed by atoms with Gasteiger partial charge in [-0.15, -0.1) is 21.5 Å². The number of benzene rings is 1. The van der Waals surface area contributed by atoms with Crippen molar-refractivity contribution in [1.82, 2.24) is 14.8 Å². The normalized spacial score (nSPS) is 15.0. The van der Waals surface area contributed by atoms with Gasteiger partial charge in [-0.05, 0) is 43.2 Å². The van der Waals surface area contributed by atoms with Gasteiger partial charge in [-0.1, -0.05) is 49.0 Å². The molecule has 1 aliphatic rings. The molecule has 0 spiro atoms. The number of ketones is 1. The van der Waals surface area contributed by atoms with Gasteiger partial charge >= 0.3 is 0 Å². The summed E-state index contributed by atoms with van der Waals surface area (Å²) in [6.07, 6.45) is 4.13. The van der Waals surface area contributed by atoms with Crippen LogP contribution >= 0.6 is 23.1 Å². The number of Topliss-reactive ketones (excluding diaryl/α,β-unsaturated/α-hetero) is 1. The van der Waals surface area contributed by atoms with Crippen LogP contribution in [0.4, 0.5) is 0 Å². The molecule has 0 saturated heterocycles. The molecule has 2 heterocycles. The van der Waals surface area contributed by atoms with E-state index in [2.05, 4.69) is 39.2 Å². The van der Waals surface area contributed by atoms with E-state index in [9.17, 15) is 4.79 Å². The third kappa shape index (κ3) is 4.17. The lowest BCUT2D eigenvalue weighted by Crippen LogP contribution is -2.15. The monoisotopic (exact) mass is 397 g/mol. The molecule has 1 fully saturated rings. The molecule has 1 atom stereocenters. The van der Waals surface area contributed by atoms with Crippen LogP contribution in [0.1, 0.15) is 59.4 Å². The maximum absolute atomic E-state index is 12.8. The lowest BCUT2D eigenvalue weighted by atomic mass is 10.1. The minimum Gasteiger partial charge on any atom is -0.303 e. The molecule has 0 N–H and O–H groups in total. The van der Waals surface area contributed by atoms with Gasteiger partial charge in [-0.2, -0.15) is 0 Å². The van der Waals surface area contributed by atoms with Crippen LogP contribution < -0.4 is 0 Å². The molecule has 0 aliphatic heterocycles. The van der Waals surface area contributed by atoms with Crippen LogP contribution in [0.5, 0.6) is 0 Å². The first-order chi connectivity index (χ1) is 13.2. The topological polar surface area (TPSA) is 47.8 Å². The van der Waals surface area contributed by atoms with Crippen molar-refractivity contribution in [1.29, 1.82) is 0 Å². The Kier molecular flexibility index (Phi) is 5.45. The average Bonchev–Trinajstić information content (AvgIpc) is 3.25. The Labute approximate surface area is 168 Å². The summed E-state index contributed by atoms with van der Waals surface area (Å²) < 4.78 is 2.26. The first-order valence-corrected chi connectivity index (χ1v) is 11.2. The molecule has 140 valence electrons. The molecule has 1 unspecified atom stereocenters. The highest BCUT2D eigenvalue weighted by atomic mass is 32.2. The highest BCUT2D eigenvalue weighted by Crippen LogP contribution is 2.40. The van der Waals surface area contributed by atoms with Gasteiger partial charge in [0, 0.05) is 22.9 Å². The van der Waals surface area contributed by atoms with Crippen molar-refractivity contribution >= 4 is 28.9 Å². The highest BCUT2D eigenvalue weighted by Gasteiger charge is 2.31. The fraction of sp³-hybridized carbons (Fsp3) is 0.381. The van der Waals surface area contributed by atoms with Crippen molar-refractivity contribution in [3.63, 3.8) is 0 Å². The first kappa shape index (κ1) is 18.4. The quantitative estimate of drug-likeness (QED) is 0.388. The van der Waals surface area contributed by atoms with Crippen LogP contribution in [0.15, 0.2) is 46.9 Å². The van der Waals surface area contributed by atoms with Gasteiger partial charge in [-0.25, -0.2) is 0 Å². The van der Waals surface area contributed by atoms with Crippen LogP contribution in [0.3, 0.4) is 0 Å². The number of hydrogen-bond acceptors (Lipinski definition) is 5. The van der Waals surface area contributed by atoms with E-state index in [-0.39, 0.29) is 11.0 Å². The minimum atomic E-state index is -0.186. The fourth-order valence-corrected chi connectivity index (χ4v) is 4.84. The first-order valence-electron chi connectivity index (χ1n) is 9.41. The van der Waals surface area contributed by atoms with E-state index in [0.717, 1.165) is 29.4 Å². The van der Waals surface area contributed by atoms with Crippen molar-refractivity contribution in [2.45, 2.75) is 56.0 Å². The summed E-state index contributed by atoms with van der Waals surface area (Å²) in [5, 5.41) is 11.7. The standard InChI is InChI=1S/C21H23N3OS2/c1-3-15-6-8-16(9-7-15)20(25)14(2)27-21-23-22-19(24(21)17-10-11-17)13-18-5-4-12-26-18/h4-9,12,14,17H,3,10-11,13H2,1-2H3. The maximum Gasteiger partial charge on any atom is 0.192 e. The lowest BCUT2D eigenvalue weighted by molar-refractivity contribution is 0.0994. The van der Waals surface area contributed by atoms with Crippen LogP contribution in [-0.4, -0.2) is 25.8 Å². The van der Waals surface area contributed by atoms with Gasteiger partial charge < -0.3 is 4.57 Å². The predicted octanol–water partition coefficient (Wildman–Crippen LogP) is 5.19. The number of thiophene rings is 1. The van der Waals surface area contributed by atoms with E-state index >= 15 is 0 Å². The second-order valence-corrected chi connectivity index (χ2v) is 9.27. The lowest BCUT2D eigenvalue weighted by Gasteiger charge is -2.12. The molecule has 1 aliphatic carbocycles. The van der Waals surface area contributed by atoms with Crippen LogP contribution in [0, 0.1) is 0 Å². The van der Waals surface area contributed by atoms with Gasteiger partial charge in [0.25, 0.3) is 0 Å². The van der Waals surface area contributed by atoms with E-state index in [0.29, 0.717) is 6.04 Å². The van der Waals surface area contributed by atoms with Crippen LogP contribution in [0.25, 0.3) is 0 Å². The summed E-state index contributed by atoms with van der Waals surface area (Å²) in [4.78, 5) is 14.1. The Balaban J connectivity index is 1.51. The number of thioether (sulfide) groups is 1. The van der Waals surface area contributed by atoms with Crippen LogP contribution in [0.2, 0.25) is 0 Å². The van der Waals surface area contributed by atoms with E-state index in [4.69, 9.17) is 0 Å². The van der Waals surface area contributed by atoms with Crippen LogP contribution in [-0.2, 0) is 12.8 Å². The third-order valence-electron chi connectivity index (χ3n) is 4.86. The highest BCUT2D eigenvalue weighted by molar-refractivity contribution is 8.00. The van der Waals surface area contributed by atoms with Gasteiger partial charge in [0.2, 0.25) is 0 Å². The Morgan fingerprint density at radius 3 is 2.67 bits per heavy atom. The largest absolute Gasteiger partial charge is 0.303 e. The molecule has 4 rings (SSSR count). The summed E-state index contributed by atoms with van der Waals surface area (Å²) in [5.41, 5.74) is 2.02. The molecule has 27 heavy (non-hydrogen) atoms. The molecular weight excluding hydrogens is 374 g/mol. The molecule has 2 aromatic heterocycles. The van der Waals surface area contributed by atoms with E-state index < -0.39 is 0 Å². The van der Waals surface area contributed by atoms with Crippen molar-refractivity contribution in [3.8, 4) is 0 Å². The van der Waals surface area contributed by atoms with E-state index in [1.54, 1.807) is 11.3 Å². The average molecular weight is 398 g/mol. The zero-order valence-corrected chi connectivity index (χ0v) is 17.2.